The van der Waals surface area contributed by atoms with Crippen molar-refractivity contribution in [3.8, 4) is 5.75 Å². The van der Waals surface area contributed by atoms with E-state index in [1.165, 1.54) is 5.56 Å². The second-order valence-corrected chi connectivity index (χ2v) is 10.4. The summed E-state index contributed by atoms with van der Waals surface area (Å²) in [7, 11) is 0. The number of unbranched alkanes of at least 4 members (excludes halogenated alkanes) is 1. The van der Waals surface area contributed by atoms with Crippen molar-refractivity contribution in [1.82, 2.24) is 16.0 Å². The largest absolute Gasteiger partial charge is 0.508 e. The van der Waals surface area contributed by atoms with Crippen LogP contribution in [0.4, 0.5) is 4.79 Å². The first kappa shape index (κ1) is 38.1. The Morgan fingerprint density at radius 3 is 2.16 bits per heavy atom. The molecule has 0 spiro atoms. The average molecular weight is 622 g/mol. The first-order valence-electron chi connectivity index (χ1n) is 14.6. The molecule has 2 aromatic carbocycles. The molecule has 0 heterocycles. The molecular weight excluding hydrogens is 574 g/mol. The van der Waals surface area contributed by atoms with Crippen LogP contribution in [0.3, 0.4) is 0 Å². The molecule has 0 radical (unpaired) electrons. The number of phenols is 1. The molecule has 2 atom stereocenters. The van der Waals surface area contributed by atoms with Crippen LogP contribution in [-0.4, -0.2) is 60.7 Å². The minimum Gasteiger partial charge on any atom is -0.508 e. The zero-order valence-corrected chi connectivity index (χ0v) is 26.4. The van der Waals surface area contributed by atoms with E-state index >= 15 is 0 Å². The van der Waals surface area contributed by atoms with Gasteiger partial charge in [0.1, 0.15) is 18.4 Å². The number of primary amides is 1. The van der Waals surface area contributed by atoms with Crippen LogP contribution in [0, 0.1) is 20.8 Å². The standard InChI is InChI=1S/C27H39N5O6.C7H8/c1-5-9-19(6-2)16-38-27(37)30-11-8-7-10-23(26(36)31-15-24(29)34)32-25(35)22(28)14-21-17(3)12-20(33)13-18(21)4;1-7-5-3-2-4-6-7/h5-6,9,12-13,22-23,33H,1-2,7-8,10-11,14-16,28H2,3-4H3,(H2,29,34)(H,30,37)(H,31,36)(H,32,35);2-6H,1H3/b19-9+;/t22-,23?;/m0./s1. The van der Waals surface area contributed by atoms with Crippen LogP contribution in [0.25, 0.3) is 0 Å². The Morgan fingerprint density at radius 1 is 0.978 bits per heavy atom. The van der Waals surface area contributed by atoms with Crippen molar-refractivity contribution in [2.75, 3.05) is 19.7 Å². The van der Waals surface area contributed by atoms with E-state index in [0.29, 0.717) is 18.4 Å². The predicted molar refractivity (Wildman–Crippen MR) is 176 cm³/mol. The number of alkyl carbamates (subject to hydrolysis) is 1. The molecule has 0 bridgehead atoms. The van der Waals surface area contributed by atoms with E-state index < -0.39 is 35.9 Å². The summed E-state index contributed by atoms with van der Waals surface area (Å²) in [5.74, 6) is -1.70. The Balaban J connectivity index is 0.00000126. The number of hydrogen-bond acceptors (Lipinski definition) is 7. The lowest BCUT2D eigenvalue weighted by molar-refractivity contribution is -0.130. The van der Waals surface area contributed by atoms with Crippen molar-refractivity contribution in [3.63, 3.8) is 0 Å². The topological polar surface area (TPSA) is 186 Å². The number of nitrogens with one attached hydrogen (secondary N) is 3. The van der Waals surface area contributed by atoms with Crippen molar-refractivity contribution in [2.45, 2.75) is 58.5 Å². The number of carbonyl (C=O) groups excluding carboxylic acids is 4. The molecule has 0 fully saturated rings. The molecule has 0 aliphatic carbocycles. The van der Waals surface area contributed by atoms with E-state index in [0.717, 1.165) is 16.7 Å². The van der Waals surface area contributed by atoms with Crippen LogP contribution in [0.5, 0.6) is 5.75 Å². The Labute approximate surface area is 265 Å². The van der Waals surface area contributed by atoms with Gasteiger partial charge in [-0.3, -0.25) is 14.4 Å². The summed E-state index contributed by atoms with van der Waals surface area (Å²) in [4.78, 5) is 48.3. The Morgan fingerprint density at radius 2 is 1.62 bits per heavy atom. The van der Waals surface area contributed by atoms with Crippen LogP contribution in [0.2, 0.25) is 0 Å². The molecule has 45 heavy (non-hydrogen) atoms. The number of amides is 4. The number of hydrogen-bond donors (Lipinski definition) is 6. The summed E-state index contributed by atoms with van der Waals surface area (Å²) < 4.78 is 5.09. The van der Waals surface area contributed by atoms with Gasteiger partial charge in [-0.1, -0.05) is 67.3 Å². The third kappa shape index (κ3) is 15.9. The summed E-state index contributed by atoms with van der Waals surface area (Å²) in [6.45, 7) is 12.9. The second kappa shape index (κ2) is 20.9. The summed E-state index contributed by atoms with van der Waals surface area (Å²) in [5, 5.41) is 17.4. The van der Waals surface area contributed by atoms with Gasteiger partial charge in [0, 0.05) is 6.54 Å². The van der Waals surface area contributed by atoms with Gasteiger partial charge in [-0.25, -0.2) is 4.79 Å². The van der Waals surface area contributed by atoms with Gasteiger partial charge < -0.3 is 37.3 Å². The number of phenolic OH excluding ortho intramolecular Hbond substituents is 1. The van der Waals surface area contributed by atoms with E-state index in [-0.39, 0.29) is 38.3 Å². The molecule has 2 aromatic rings. The van der Waals surface area contributed by atoms with Crippen molar-refractivity contribution in [2.24, 2.45) is 11.5 Å². The molecule has 244 valence electrons. The molecule has 4 amide bonds. The highest BCUT2D eigenvalue weighted by Crippen LogP contribution is 2.22. The number of nitrogens with two attached hydrogens (primary N) is 2. The van der Waals surface area contributed by atoms with E-state index in [2.05, 4.69) is 48.2 Å². The van der Waals surface area contributed by atoms with Crippen LogP contribution in [0.15, 0.2) is 79.4 Å². The lowest BCUT2D eigenvalue weighted by Gasteiger charge is -2.21. The van der Waals surface area contributed by atoms with Gasteiger partial charge in [0.05, 0.1) is 12.6 Å². The molecule has 0 aliphatic heterocycles. The van der Waals surface area contributed by atoms with Crippen molar-refractivity contribution in [1.29, 1.82) is 0 Å². The molecule has 0 saturated heterocycles. The first-order valence-corrected chi connectivity index (χ1v) is 14.6. The smallest absolute Gasteiger partial charge is 0.407 e. The van der Waals surface area contributed by atoms with Crippen LogP contribution < -0.4 is 27.4 Å². The van der Waals surface area contributed by atoms with Crippen LogP contribution in [0.1, 0.15) is 41.5 Å². The van der Waals surface area contributed by atoms with Crippen molar-refractivity contribution in [3.05, 3.63) is 102 Å². The van der Waals surface area contributed by atoms with Gasteiger partial charge in [0.15, 0.2) is 0 Å². The maximum atomic E-state index is 12.8. The van der Waals surface area contributed by atoms with Gasteiger partial charge in [-0.05, 0) is 80.9 Å². The SMILES string of the molecule is C=C/C=C(\C=C)COC(=O)NCCCCC(NC(=O)[C@@H](N)Cc1c(C)cc(O)cc1C)C(=O)NCC(N)=O.Cc1ccccc1. The number of aromatic hydroxyl groups is 1. The maximum absolute atomic E-state index is 12.8. The molecule has 11 nitrogen and oxygen atoms in total. The normalized spacial score (nSPS) is 12.0. The molecule has 0 saturated carbocycles. The lowest BCUT2D eigenvalue weighted by Crippen LogP contribution is -2.53. The highest BCUT2D eigenvalue weighted by Gasteiger charge is 2.24. The fourth-order valence-electron chi connectivity index (χ4n) is 4.17. The summed E-state index contributed by atoms with van der Waals surface area (Å²) in [5.41, 5.74) is 15.7. The molecular formula is C34H47N5O6. The Kier molecular flexibility index (Phi) is 17.7. The monoisotopic (exact) mass is 621 g/mol. The van der Waals surface area contributed by atoms with Gasteiger partial charge in [-0.2, -0.15) is 0 Å². The quantitative estimate of drug-likeness (QED) is 0.123. The maximum Gasteiger partial charge on any atom is 0.407 e. The zero-order chi connectivity index (χ0) is 33.8. The van der Waals surface area contributed by atoms with E-state index in [1.807, 2.05) is 32.0 Å². The minimum absolute atomic E-state index is 0.0545. The van der Waals surface area contributed by atoms with Gasteiger partial charge in [0.2, 0.25) is 17.7 Å². The van der Waals surface area contributed by atoms with E-state index in [1.54, 1.807) is 30.4 Å². The van der Waals surface area contributed by atoms with E-state index in [9.17, 15) is 24.3 Å². The second-order valence-electron chi connectivity index (χ2n) is 10.4. The minimum atomic E-state index is -0.957. The summed E-state index contributed by atoms with van der Waals surface area (Å²) >= 11 is 0. The van der Waals surface area contributed by atoms with Gasteiger partial charge in [0.25, 0.3) is 0 Å². The number of allylic oxidation sites excluding steroid dienone is 2. The number of rotatable bonds is 16. The molecule has 0 aliphatic rings. The number of ether oxygens (including phenoxy) is 1. The first-order chi connectivity index (χ1) is 21.4. The highest BCUT2D eigenvalue weighted by molar-refractivity contribution is 5.91. The van der Waals surface area contributed by atoms with Gasteiger partial charge in [-0.15, -0.1) is 0 Å². The lowest BCUT2D eigenvalue weighted by atomic mass is 9.95. The van der Waals surface area contributed by atoms with Crippen LogP contribution in [-0.2, 0) is 25.5 Å². The summed E-state index contributed by atoms with van der Waals surface area (Å²) in [6, 6.07) is 11.5. The van der Waals surface area contributed by atoms with Crippen LogP contribution >= 0.6 is 0 Å². The third-order valence-corrected chi connectivity index (χ3v) is 6.60. The fourth-order valence-corrected chi connectivity index (χ4v) is 4.17. The summed E-state index contributed by atoms with van der Waals surface area (Å²) in [6.07, 6.45) is 5.61. The fraction of sp³-hybridized carbons (Fsp3) is 0.353. The Bertz CT molecular complexity index is 1300. The number of aryl methyl sites for hydroxylation is 3. The molecule has 2 rings (SSSR count). The van der Waals surface area contributed by atoms with E-state index in [4.69, 9.17) is 16.2 Å². The molecule has 11 heteroatoms. The number of carbonyl (C=O) groups is 4. The van der Waals surface area contributed by atoms with Crippen molar-refractivity contribution >= 4 is 23.8 Å². The molecule has 1 unspecified atom stereocenters. The van der Waals surface area contributed by atoms with Gasteiger partial charge >= 0.3 is 6.09 Å². The highest BCUT2D eigenvalue weighted by atomic mass is 16.5. The Hall–Kier alpha value is -4.90. The number of benzene rings is 2. The zero-order valence-electron chi connectivity index (χ0n) is 26.4. The average Bonchev–Trinajstić information content (AvgIpc) is 2.99. The third-order valence-electron chi connectivity index (χ3n) is 6.60. The predicted octanol–water partition coefficient (Wildman–Crippen LogP) is 3.16. The molecule has 0 aromatic heterocycles. The molecule has 8 N–H and O–H groups in total. The van der Waals surface area contributed by atoms with Crippen molar-refractivity contribution < 1.29 is 29.0 Å².